The Morgan fingerprint density at radius 1 is 1.45 bits per heavy atom. The van der Waals surface area contributed by atoms with Crippen LogP contribution in [0.15, 0.2) is 24.3 Å². The monoisotopic (exact) mass is 346 g/mol. The molecule has 0 radical (unpaired) electrons. The number of ether oxygens (including phenoxy) is 2. The maximum Gasteiger partial charge on any atom is 0.411 e. The number of amides is 1. The van der Waals surface area contributed by atoms with Crippen molar-refractivity contribution in [2.24, 2.45) is 0 Å². The summed E-state index contributed by atoms with van der Waals surface area (Å²) >= 11 is 1.51. The highest BCUT2D eigenvalue weighted by Crippen LogP contribution is 2.23. The molecule has 9 heteroatoms. The number of carbonyl (C=O) groups excluding carboxylic acids is 1. The molecule has 0 spiro atoms. The Balaban J connectivity index is 1.87. The van der Waals surface area contributed by atoms with Crippen molar-refractivity contribution in [1.82, 2.24) is 4.72 Å². The van der Waals surface area contributed by atoms with Crippen molar-refractivity contribution in [3.63, 3.8) is 0 Å². The topological polar surface area (TPSA) is 93.7 Å². The second-order valence-electron chi connectivity index (χ2n) is 4.63. The second kappa shape index (κ2) is 7.70. The summed E-state index contributed by atoms with van der Waals surface area (Å²) in [5.74, 6) is 1.72. The summed E-state index contributed by atoms with van der Waals surface area (Å²) < 4.78 is 35.9. The van der Waals surface area contributed by atoms with Gasteiger partial charge in [0.05, 0.1) is 24.6 Å². The summed E-state index contributed by atoms with van der Waals surface area (Å²) in [5, 5.41) is 2.57. The highest BCUT2D eigenvalue weighted by molar-refractivity contribution is 8.00. The highest BCUT2D eigenvalue weighted by Gasteiger charge is 2.23. The lowest BCUT2D eigenvalue weighted by atomic mass is 10.3. The Bertz CT molecular complexity index is 621. The molecule has 1 amide bonds. The molecule has 0 aromatic heterocycles. The standard InChI is InChI=1S/C13H18N2O5S2/c1-19-12-5-3-2-4-11(12)14-13(16)20-8-10-9-21-6-7-22(17,18)15-10/h2-5,10,15H,6-9H2,1H3,(H,14,16)/t10-/m1/s1. The fraction of sp³-hybridized carbons (Fsp3) is 0.462. The summed E-state index contributed by atoms with van der Waals surface area (Å²) in [6.07, 6.45) is -0.655. The van der Waals surface area contributed by atoms with Crippen molar-refractivity contribution in [2.75, 3.05) is 36.3 Å². The number of hydrogen-bond donors (Lipinski definition) is 2. The molecule has 1 aromatic carbocycles. The van der Waals surface area contributed by atoms with Gasteiger partial charge < -0.3 is 9.47 Å². The van der Waals surface area contributed by atoms with E-state index in [0.29, 0.717) is 22.9 Å². The number of hydrogen-bond acceptors (Lipinski definition) is 6. The zero-order valence-electron chi connectivity index (χ0n) is 12.1. The minimum atomic E-state index is -3.29. The van der Waals surface area contributed by atoms with E-state index >= 15 is 0 Å². The zero-order valence-corrected chi connectivity index (χ0v) is 13.7. The normalized spacial score (nSPS) is 20.7. The van der Waals surface area contributed by atoms with Gasteiger partial charge >= 0.3 is 6.09 Å². The van der Waals surface area contributed by atoms with Crippen LogP contribution in [0.3, 0.4) is 0 Å². The fourth-order valence-corrected chi connectivity index (χ4v) is 4.76. The molecule has 1 saturated heterocycles. The SMILES string of the molecule is COc1ccccc1NC(=O)OC[C@@H]1CSCCS(=O)(=O)N1. The van der Waals surface area contributed by atoms with Crippen LogP contribution < -0.4 is 14.8 Å². The fourth-order valence-electron chi connectivity index (χ4n) is 1.89. The molecule has 1 aliphatic rings. The summed E-state index contributed by atoms with van der Waals surface area (Å²) in [4.78, 5) is 11.8. The molecule has 1 fully saturated rings. The zero-order chi connectivity index (χ0) is 16.0. The van der Waals surface area contributed by atoms with Crippen molar-refractivity contribution in [3.05, 3.63) is 24.3 Å². The van der Waals surface area contributed by atoms with Crippen LogP contribution in [0.2, 0.25) is 0 Å². The van der Waals surface area contributed by atoms with E-state index in [1.807, 2.05) is 0 Å². The molecule has 0 unspecified atom stereocenters. The van der Waals surface area contributed by atoms with Crippen LogP contribution in [0.4, 0.5) is 10.5 Å². The molecular formula is C13H18N2O5S2. The summed E-state index contributed by atoms with van der Waals surface area (Å²) in [5.41, 5.74) is 0.492. The van der Waals surface area contributed by atoms with Gasteiger partial charge in [0.1, 0.15) is 12.4 Å². The van der Waals surface area contributed by atoms with E-state index in [9.17, 15) is 13.2 Å². The molecule has 1 aliphatic heterocycles. The minimum Gasteiger partial charge on any atom is -0.495 e. The predicted molar refractivity (Wildman–Crippen MR) is 86.0 cm³/mol. The number of benzene rings is 1. The number of para-hydroxylation sites is 2. The number of anilines is 1. The van der Waals surface area contributed by atoms with Crippen LogP contribution in [0.25, 0.3) is 0 Å². The summed E-state index contributed by atoms with van der Waals surface area (Å²) in [6.45, 7) is -0.0206. The first kappa shape index (κ1) is 16.9. The van der Waals surface area contributed by atoms with Crippen LogP contribution in [-0.4, -0.2) is 51.5 Å². The van der Waals surface area contributed by atoms with Gasteiger partial charge in [-0.05, 0) is 12.1 Å². The molecule has 22 heavy (non-hydrogen) atoms. The smallest absolute Gasteiger partial charge is 0.411 e. The van der Waals surface area contributed by atoms with Crippen molar-refractivity contribution >= 4 is 33.6 Å². The Morgan fingerprint density at radius 2 is 2.23 bits per heavy atom. The first-order valence-electron chi connectivity index (χ1n) is 6.65. The predicted octanol–water partition coefficient (Wildman–Crippen LogP) is 1.28. The number of methoxy groups -OCH3 is 1. The third kappa shape index (κ3) is 5.08. The van der Waals surface area contributed by atoms with Gasteiger partial charge in [-0.3, -0.25) is 5.32 Å². The minimum absolute atomic E-state index is 0.0206. The number of thioether (sulfide) groups is 1. The quantitative estimate of drug-likeness (QED) is 0.853. The van der Waals surface area contributed by atoms with Gasteiger partial charge in [-0.1, -0.05) is 12.1 Å². The maximum absolute atomic E-state index is 11.8. The molecule has 0 bridgehead atoms. The van der Waals surface area contributed by atoms with E-state index in [1.165, 1.54) is 18.9 Å². The van der Waals surface area contributed by atoms with Gasteiger partial charge in [0.25, 0.3) is 0 Å². The molecule has 0 saturated carbocycles. The van der Waals surface area contributed by atoms with E-state index in [4.69, 9.17) is 9.47 Å². The maximum atomic E-state index is 11.8. The Hall–Kier alpha value is -1.45. The summed E-state index contributed by atoms with van der Waals surface area (Å²) in [7, 11) is -1.79. The van der Waals surface area contributed by atoms with Crippen molar-refractivity contribution in [3.8, 4) is 5.75 Å². The lowest BCUT2D eigenvalue weighted by Gasteiger charge is -2.16. The Labute approximate surface area is 133 Å². The van der Waals surface area contributed by atoms with Crippen LogP contribution in [0.5, 0.6) is 5.75 Å². The second-order valence-corrected chi connectivity index (χ2v) is 7.66. The van der Waals surface area contributed by atoms with Crippen LogP contribution in [0.1, 0.15) is 0 Å². The molecule has 1 heterocycles. The van der Waals surface area contributed by atoms with Crippen LogP contribution in [0, 0.1) is 0 Å². The summed E-state index contributed by atoms with van der Waals surface area (Å²) in [6, 6.07) is 6.53. The lowest BCUT2D eigenvalue weighted by Crippen LogP contribution is -2.40. The van der Waals surface area contributed by atoms with Gasteiger partial charge in [-0.25, -0.2) is 17.9 Å². The van der Waals surface area contributed by atoms with Crippen molar-refractivity contribution in [1.29, 1.82) is 0 Å². The molecule has 2 rings (SSSR count). The molecule has 1 atom stereocenters. The van der Waals surface area contributed by atoms with E-state index in [1.54, 1.807) is 24.3 Å². The number of rotatable bonds is 4. The lowest BCUT2D eigenvalue weighted by molar-refractivity contribution is 0.154. The first-order valence-corrected chi connectivity index (χ1v) is 9.45. The van der Waals surface area contributed by atoms with Gasteiger partial charge in [-0.2, -0.15) is 11.8 Å². The molecule has 2 N–H and O–H groups in total. The largest absolute Gasteiger partial charge is 0.495 e. The highest BCUT2D eigenvalue weighted by atomic mass is 32.2. The molecule has 1 aromatic rings. The number of sulfonamides is 1. The third-order valence-corrected chi connectivity index (χ3v) is 5.74. The Kier molecular flexibility index (Phi) is 5.92. The van der Waals surface area contributed by atoms with E-state index in [0.717, 1.165) is 0 Å². The average molecular weight is 346 g/mol. The van der Waals surface area contributed by atoms with Gasteiger partial charge in [0.2, 0.25) is 10.0 Å². The molecule has 122 valence electrons. The van der Waals surface area contributed by atoms with E-state index in [-0.39, 0.29) is 12.4 Å². The van der Waals surface area contributed by atoms with E-state index in [2.05, 4.69) is 10.0 Å². The van der Waals surface area contributed by atoms with Crippen LogP contribution >= 0.6 is 11.8 Å². The first-order chi connectivity index (χ1) is 10.5. The van der Waals surface area contributed by atoms with Gasteiger partial charge in [0.15, 0.2) is 0 Å². The third-order valence-electron chi connectivity index (χ3n) is 2.92. The van der Waals surface area contributed by atoms with Crippen molar-refractivity contribution < 1.29 is 22.7 Å². The number of carbonyl (C=O) groups is 1. The molecular weight excluding hydrogens is 328 g/mol. The van der Waals surface area contributed by atoms with Crippen molar-refractivity contribution in [2.45, 2.75) is 6.04 Å². The Morgan fingerprint density at radius 3 is 3.00 bits per heavy atom. The number of nitrogens with one attached hydrogen (secondary N) is 2. The van der Waals surface area contributed by atoms with Gasteiger partial charge in [0, 0.05) is 11.5 Å². The molecule has 7 nitrogen and oxygen atoms in total. The van der Waals surface area contributed by atoms with Crippen LogP contribution in [-0.2, 0) is 14.8 Å². The average Bonchev–Trinajstić information content (AvgIpc) is 2.66. The van der Waals surface area contributed by atoms with E-state index < -0.39 is 22.2 Å². The molecule has 0 aliphatic carbocycles. The van der Waals surface area contributed by atoms with Gasteiger partial charge in [-0.15, -0.1) is 0 Å².